The molecule has 5 nitrogen and oxygen atoms in total. The van der Waals surface area contributed by atoms with Gasteiger partial charge in [-0.3, -0.25) is 0 Å². The van der Waals surface area contributed by atoms with Gasteiger partial charge in [0, 0.05) is 5.56 Å². The highest BCUT2D eigenvalue weighted by atomic mass is 32.1. The Morgan fingerprint density at radius 2 is 2.12 bits per heavy atom. The Balaban J connectivity index is 2.01. The molecule has 0 aliphatic rings. The molecule has 1 aromatic heterocycles. The van der Waals surface area contributed by atoms with E-state index < -0.39 is 5.97 Å². The fourth-order valence-electron chi connectivity index (χ4n) is 2.48. The number of benzene rings is 2. The monoisotopic (exact) mass is 366 g/mol. The van der Waals surface area contributed by atoms with E-state index in [9.17, 15) is 10.1 Å². The van der Waals surface area contributed by atoms with E-state index in [-0.39, 0.29) is 0 Å². The standard InChI is InChI=1S/C20H18N2O3S/c1-12(2)11-25-16-8-7-13(9-14(16)10-21)19-22-18-15(20(23)24-3)5-4-6-17(18)26-19/h4-9,12H,11H2,1-3H3. The van der Waals surface area contributed by atoms with Crippen LogP contribution in [0.3, 0.4) is 0 Å². The topological polar surface area (TPSA) is 72.2 Å². The van der Waals surface area contributed by atoms with Crippen molar-refractivity contribution >= 4 is 27.5 Å². The molecule has 1 heterocycles. The Bertz CT molecular complexity index is 1000. The van der Waals surface area contributed by atoms with E-state index in [0.29, 0.717) is 34.9 Å². The van der Waals surface area contributed by atoms with Gasteiger partial charge in [0.05, 0.1) is 35.1 Å². The van der Waals surface area contributed by atoms with Gasteiger partial charge in [-0.15, -0.1) is 11.3 Å². The molecule has 0 amide bonds. The molecule has 0 atom stereocenters. The van der Waals surface area contributed by atoms with Crippen LogP contribution in [0.5, 0.6) is 5.75 Å². The van der Waals surface area contributed by atoms with Gasteiger partial charge in [-0.25, -0.2) is 9.78 Å². The molecule has 26 heavy (non-hydrogen) atoms. The number of para-hydroxylation sites is 1. The number of methoxy groups -OCH3 is 1. The number of aromatic nitrogens is 1. The number of thiazole rings is 1. The molecule has 0 aliphatic carbocycles. The average Bonchev–Trinajstić information content (AvgIpc) is 3.09. The zero-order valence-corrected chi connectivity index (χ0v) is 15.6. The lowest BCUT2D eigenvalue weighted by molar-refractivity contribution is 0.0603. The Morgan fingerprint density at radius 3 is 2.81 bits per heavy atom. The first kappa shape index (κ1) is 17.9. The zero-order valence-electron chi connectivity index (χ0n) is 14.8. The van der Waals surface area contributed by atoms with Gasteiger partial charge in [-0.1, -0.05) is 19.9 Å². The third-order valence-electron chi connectivity index (χ3n) is 3.74. The number of rotatable bonds is 5. The predicted molar refractivity (Wildman–Crippen MR) is 101 cm³/mol. The quantitative estimate of drug-likeness (QED) is 0.614. The van der Waals surface area contributed by atoms with Crippen molar-refractivity contribution in [3.8, 4) is 22.4 Å². The minimum atomic E-state index is -0.414. The molecule has 0 spiro atoms. The summed E-state index contributed by atoms with van der Waals surface area (Å²) in [6.45, 7) is 4.67. The van der Waals surface area contributed by atoms with Crippen molar-refractivity contribution in [1.29, 1.82) is 5.26 Å². The number of carbonyl (C=O) groups excluding carboxylic acids is 1. The number of ether oxygens (including phenoxy) is 2. The van der Waals surface area contributed by atoms with Gasteiger partial charge < -0.3 is 9.47 Å². The summed E-state index contributed by atoms with van der Waals surface area (Å²) in [5, 5.41) is 10.2. The average molecular weight is 366 g/mol. The smallest absolute Gasteiger partial charge is 0.340 e. The largest absolute Gasteiger partial charge is 0.492 e. The van der Waals surface area contributed by atoms with Crippen molar-refractivity contribution in [3.05, 3.63) is 47.5 Å². The highest BCUT2D eigenvalue weighted by Crippen LogP contribution is 2.34. The molecule has 0 bridgehead atoms. The summed E-state index contributed by atoms with van der Waals surface area (Å²) in [4.78, 5) is 16.5. The molecule has 3 rings (SSSR count). The van der Waals surface area contributed by atoms with E-state index in [0.717, 1.165) is 15.3 Å². The van der Waals surface area contributed by atoms with Crippen molar-refractivity contribution in [1.82, 2.24) is 4.98 Å². The Hall–Kier alpha value is -2.91. The van der Waals surface area contributed by atoms with Gasteiger partial charge in [0.25, 0.3) is 0 Å². The normalized spacial score (nSPS) is 10.7. The first-order valence-corrected chi connectivity index (χ1v) is 9.00. The molecule has 132 valence electrons. The summed E-state index contributed by atoms with van der Waals surface area (Å²) in [7, 11) is 1.35. The minimum Gasteiger partial charge on any atom is -0.492 e. The molecule has 0 radical (unpaired) electrons. The lowest BCUT2D eigenvalue weighted by Gasteiger charge is -2.10. The number of hydrogen-bond donors (Lipinski definition) is 0. The Labute approximate surface area is 155 Å². The summed E-state index contributed by atoms with van der Waals surface area (Å²) in [5.74, 6) is 0.533. The second-order valence-corrected chi connectivity index (χ2v) is 7.22. The fraction of sp³-hybridized carbons (Fsp3) is 0.250. The van der Waals surface area contributed by atoms with Crippen molar-refractivity contribution in [3.63, 3.8) is 0 Å². The van der Waals surface area contributed by atoms with E-state index in [1.807, 2.05) is 12.1 Å². The summed E-state index contributed by atoms with van der Waals surface area (Å²) >= 11 is 1.47. The molecular weight excluding hydrogens is 348 g/mol. The Morgan fingerprint density at radius 1 is 1.31 bits per heavy atom. The van der Waals surface area contributed by atoms with Crippen LogP contribution in [0.15, 0.2) is 36.4 Å². The SMILES string of the molecule is COC(=O)c1cccc2sc(-c3ccc(OCC(C)C)c(C#N)c3)nc12. The van der Waals surface area contributed by atoms with Crippen molar-refractivity contribution in [2.24, 2.45) is 5.92 Å². The summed E-state index contributed by atoms with van der Waals surface area (Å²) < 4.78 is 11.4. The van der Waals surface area contributed by atoms with Gasteiger partial charge in [-0.2, -0.15) is 5.26 Å². The van der Waals surface area contributed by atoms with Gasteiger partial charge in [0.1, 0.15) is 16.8 Å². The zero-order chi connectivity index (χ0) is 18.7. The van der Waals surface area contributed by atoms with Gasteiger partial charge >= 0.3 is 5.97 Å². The predicted octanol–water partition coefficient (Wildman–Crippen LogP) is 4.66. The van der Waals surface area contributed by atoms with E-state index >= 15 is 0 Å². The maximum Gasteiger partial charge on any atom is 0.340 e. The summed E-state index contributed by atoms with van der Waals surface area (Å²) in [6.07, 6.45) is 0. The van der Waals surface area contributed by atoms with Crippen LogP contribution in [0.25, 0.3) is 20.8 Å². The molecule has 0 saturated heterocycles. The van der Waals surface area contributed by atoms with E-state index in [4.69, 9.17) is 9.47 Å². The van der Waals surface area contributed by atoms with E-state index in [1.165, 1.54) is 18.4 Å². The van der Waals surface area contributed by atoms with Crippen molar-refractivity contribution in [2.75, 3.05) is 13.7 Å². The Kier molecular flexibility index (Phi) is 5.19. The highest BCUT2D eigenvalue weighted by molar-refractivity contribution is 7.21. The van der Waals surface area contributed by atoms with Crippen LogP contribution in [-0.2, 0) is 4.74 Å². The van der Waals surface area contributed by atoms with Crippen LogP contribution in [-0.4, -0.2) is 24.7 Å². The van der Waals surface area contributed by atoms with Crippen LogP contribution >= 0.6 is 11.3 Å². The van der Waals surface area contributed by atoms with Crippen molar-refractivity contribution in [2.45, 2.75) is 13.8 Å². The summed E-state index contributed by atoms with van der Waals surface area (Å²) in [5.41, 5.74) is 2.33. The van der Waals surface area contributed by atoms with Crippen LogP contribution in [0.2, 0.25) is 0 Å². The number of nitriles is 1. The second kappa shape index (κ2) is 7.54. The maximum atomic E-state index is 11.9. The third-order valence-corrected chi connectivity index (χ3v) is 4.81. The molecule has 3 aromatic rings. The van der Waals surface area contributed by atoms with Gasteiger partial charge in [0.15, 0.2) is 0 Å². The molecule has 0 fully saturated rings. The number of esters is 1. The molecule has 0 N–H and O–H groups in total. The van der Waals surface area contributed by atoms with Crippen molar-refractivity contribution < 1.29 is 14.3 Å². The molecule has 2 aromatic carbocycles. The molecule has 0 saturated carbocycles. The molecule has 6 heteroatoms. The maximum absolute atomic E-state index is 11.9. The fourth-order valence-corrected chi connectivity index (χ4v) is 3.47. The van der Waals surface area contributed by atoms with Gasteiger partial charge in [0.2, 0.25) is 0 Å². The second-order valence-electron chi connectivity index (χ2n) is 6.19. The number of carbonyl (C=O) groups is 1. The van der Waals surface area contributed by atoms with Crippen LogP contribution < -0.4 is 4.74 Å². The summed E-state index contributed by atoms with van der Waals surface area (Å²) in [6, 6.07) is 13.0. The van der Waals surface area contributed by atoms with Gasteiger partial charge in [-0.05, 0) is 36.2 Å². The molecule has 0 aliphatic heterocycles. The lowest BCUT2D eigenvalue weighted by Crippen LogP contribution is -2.05. The van der Waals surface area contributed by atoms with Crippen LogP contribution in [0.1, 0.15) is 29.8 Å². The highest BCUT2D eigenvalue weighted by Gasteiger charge is 2.16. The lowest BCUT2D eigenvalue weighted by atomic mass is 10.1. The van der Waals surface area contributed by atoms with Crippen LogP contribution in [0, 0.1) is 17.2 Å². The molecular formula is C20H18N2O3S. The van der Waals surface area contributed by atoms with E-state index in [2.05, 4.69) is 24.9 Å². The number of hydrogen-bond acceptors (Lipinski definition) is 6. The minimum absolute atomic E-state index is 0.377. The first-order chi connectivity index (χ1) is 12.5. The third kappa shape index (κ3) is 3.53. The van der Waals surface area contributed by atoms with E-state index in [1.54, 1.807) is 24.3 Å². The first-order valence-electron chi connectivity index (χ1n) is 8.18. The van der Waals surface area contributed by atoms with Crippen LogP contribution in [0.4, 0.5) is 0 Å². The number of fused-ring (bicyclic) bond motifs is 1. The number of nitrogens with zero attached hydrogens (tertiary/aromatic N) is 2. The molecule has 0 unspecified atom stereocenters.